The summed E-state index contributed by atoms with van der Waals surface area (Å²) in [6.45, 7) is 0. The van der Waals surface area contributed by atoms with Crippen molar-refractivity contribution >= 4 is 78.2 Å². The van der Waals surface area contributed by atoms with Crippen LogP contribution in [0, 0.1) is 0 Å². The molecule has 0 saturated carbocycles. The van der Waals surface area contributed by atoms with E-state index in [1.54, 1.807) is 0 Å². The van der Waals surface area contributed by atoms with E-state index in [1.807, 2.05) is 9.23 Å². The van der Waals surface area contributed by atoms with E-state index in [4.69, 9.17) is 0 Å². The molecule has 0 amide bonds. The standard InChI is InChI=1S/C6H3Se4.3CH3.Sn/c1-2-8-5(7-1)6-9-3-4-10-6;;;;/h1-3H;3*1H3;. The fraction of sp³-hybridized carbons (Fsp3) is 0.333. The van der Waals surface area contributed by atoms with Gasteiger partial charge in [-0.15, -0.1) is 0 Å². The molecule has 0 atom stereocenters. The molecule has 0 aliphatic carbocycles. The monoisotopic (exact) mass is 560 g/mol. The third-order valence-corrected chi connectivity index (χ3v) is 32.2. The van der Waals surface area contributed by atoms with Crippen LogP contribution in [0.3, 0.4) is 0 Å². The van der Waals surface area contributed by atoms with Crippen LogP contribution in [0.5, 0.6) is 0 Å². The summed E-state index contributed by atoms with van der Waals surface area (Å²) < 4.78 is 5.77. The summed E-state index contributed by atoms with van der Waals surface area (Å²) in [5.41, 5.74) is 0. The molecule has 14 heavy (non-hydrogen) atoms. The van der Waals surface area contributed by atoms with Crippen molar-refractivity contribution in [3.05, 3.63) is 24.2 Å². The van der Waals surface area contributed by atoms with Crippen LogP contribution in [0.4, 0.5) is 0 Å². The normalized spacial score (nSPS) is 22.1. The Morgan fingerprint density at radius 2 is 1.57 bits per heavy atom. The molecule has 0 fully saturated rings. The van der Waals surface area contributed by atoms with Crippen molar-refractivity contribution in [3.63, 3.8) is 0 Å². The molecule has 0 N–H and O–H groups in total. The quantitative estimate of drug-likeness (QED) is 0.427. The van der Waals surface area contributed by atoms with Crippen LogP contribution < -0.4 is 0 Å². The van der Waals surface area contributed by atoms with Gasteiger partial charge in [0.1, 0.15) is 0 Å². The Kier molecular flexibility index (Phi) is 4.63. The molecule has 2 aliphatic rings. The summed E-state index contributed by atoms with van der Waals surface area (Å²) in [7, 11) is 0. The van der Waals surface area contributed by atoms with Crippen LogP contribution in [0.1, 0.15) is 0 Å². The second-order valence-electron chi connectivity index (χ2n) is 4.03. The van der Waals surface area contributed by atoms with Crippen LogP contribution >= 0.6 is 0 Å². The van der Waals surface area contributed by atoms with Crippen molar-refractivity contribution in [1.29, 1.82) is 0 Å². The Bertz CT molecular complexity index is 325. The van der Waals surface area contributed by atoms with Crippen molar-refractivity contribution in [2.45, 2.75) is 14.8 Å². The predicted molar refractivity (Wildman–Crippen MR) is 70.6 cm³/mol. The summed E-state index contributed by atoms with van der Waals surface area (Å²) in [5.74, 6) is 0. The maximum atomic E-state index is 2.65. The number of hydrogen-bond acceptors (Lipinski definition) is 0. The second kappa shape index (κ2) is 5.17. The molecule has 5 heteroatoms. The average molecular weight is 555 g/mol. The first-order chi connectivity index (χ1) is 6.57. The first kappa shape index (κ1) is 12.6. The summed E-state index contributed by atoms with van der Waals surface area (Å²) in [5, 5.41) is 0. The third-order valence-electron chi connectivity index (χ3n) is 1.79. The van der Waals surface area contributed by atoms with E-state index >= 15 is 0 Å². The molecule has 0 aromatic carbocycles. The molecule has 0 aromatic rings. The molecule has 0 radical (unpaired) electrons. The maximum absolute atomic E-state index is 2.65. The molecule has 0 unspecified atom stereocenters. The van der Waals surface area contributed by atoms with Crippen molar-refractivity contribution in [2.24, 2.45) is 0 Å². The van der Waals surface area contributed by atoms with Gasteiger partial charge in [0.2, 0.25) is 0 Å². The Morgan fingerprint density at radius 3 is 2.07 bits per heavy atom. The van der Waals surface area contributed by atoms with Crippen molar-refractivity contribution in [2.75, 3.05) is 0 Å². The molecule has 2 aliphatic heterocycles. The zero-order valence-corrected chi connectivity index (χ0v) is 18.1. The first-order valence-corrected chi connectivity index (χ1v) is 21.6. The summed E-state index contributed by atoms with van der Waals surface area (Å²) >= 11 is 1.43. The van der Waals surface area contributed by atoms with Gasteiger partial charge in [-0.3, -0.25) is 0 Å². The molecular weight excluding hydrogens is 543 g/mol. The Morgan fingerprint density at radius 1 is 0.929 bits per heavy atom. The molecule has 0 spiro atoms. The minimum atomic E-state index is -1.66. The van der Waals surface area contributed by atoms with Gasteiger partial charge in [0.25, 0.3) is 0 Å². The molecule has 76 valence electrons. The van der Waals surface area contributed by atoms with Crippen LogP contribution in [-0.4, -0.2) is 78.2 Å². The summed E-state index contributed by atoms with van der Waals surface area (Å²) in [4.78, 5) is 15.2. The van der Waals surface area contributed by atoms with Gasteiger partial charge in [0.15, 0.2) is 0 Å². The Labute approximate surface area is 115 Å². The fourth-order valence-electron chi connectivity index (χ4n) is 0.978. The topological polar surface area (TPSA) is 0 Å². The van der Waals surface area contributed by atoms with E-state index in [1.165, 1.54) is 0 Å². The van der Waals surface area contributed by atoms with Gasteiger partial charge in [0, 0.05) is 0 Å². The zero-order valence-electron chi connectivity index (χ0n) is 8.37. The van der Waals surface area contributed by atoms with E-state index in [-0.39, 0.29) is 0 Å². The molecule has 0 saturated heterocycles. The van der Waals surface area contributed by atoms with E-state index in [9.17, 15) is 0 Å². The second-order valence-corrected chi connectivity index (χ2v) is 31.2. The van der Waals surface area contributed by atoms with Crippen LogP contribution in [0.2, 0.25) is 14.8 Å². The molecular formula is C9H12Se4Sn. The van der Waals surface area contributed by atoms with E-state index in [0.29, 0.717) is 0 Å². The van der Waals surface area contributed by atoms with Gasteiger partial charge in [-0.1, -0.05) is 0 Å². The van der Waals surface area contributed by atoms with Gasteiger partial charge in [-0.2, -0.15) is 0 Å². The number of hydrogen-bond donors (Lipinski definition) is 0. The van der Waals surface area contributed by atoms with E-state index in [2.05, 4.69) is 29.7 Å². The predicted octanol–water partition coefficient (Wildman–Crippen LogP) is 1.15. The first-order valence-electron chi connectivity index (χ1n) is 4.35. The Hall–Kier alpha value is 2.10. The fourth-order valence-corrected chi connectivity index (χ4v) is 29.9. The van der Waals surface area contributed by atoms with E-state index < -0.39 is 18.4 Å². The van der Waals surface area contributed by atoms with Gasteiger partial charge in [0.05, 0.1) is 0 Å². The molecule has 0 aromatic heterocycles. The summed E-state index contributed by atoms with van der Waals surface area (Å²) in [6.07, 6.45) is 0. The molecule has 2 rings (SSSR count). The molecule has 0 bridgehead atoms. The van der Waals surface area contributed by atoms with Gasteiger partial charge in [-0.05, 0) is 0 Å². The van der Waals surface area contributed by atoms with Gasteiger partial charge >= 0.3 is 117 Å². The Balaban J connectivity index is 2.09. The zero-order chi connectivity index (χ0) is 10.2. The third kappa shape index (κ3) is 3.06. The molecule has 0 nitrogen and oxygen atoms in total. The van der Waals surface area contributed by atoms with Crippen LogP contribution in [0.15, 0.2) is 24.2 Å². The van der Waals surface area contributed by atoms with Gasteiger partial charge in [-0.25, -0.2) is 0 Å². The van der Waals surface area contributed by atoms with Gasteiger partial charge < -0.3 is 0 Å². The van der Waals surface area contributed by atoms with Crippen molar-refractivity contribution in [1.82, 2.24) is 0 Å². The van der Waals surface area contributed by atoms with Crippen molar-refractivity contribution in [3.8, 4) is 0 Å². The SMILES string of the molecule is [CH3][Sn]([CH3])([CH3])[C]1=C[Se]C(=C2[Se]C=C[Se]2)[Se]1. The van der Waals surface area contributed by atoms with Crippen LogP contribution in [0.25, 0.3) is 0 Å². The minimum absolute atomic E-state index is 0.759. The van der Waals surface area contributed by atoms with E-state index in [0.717, 1.165) is 59.8 Å². The van der Waals surface area contributed by atoms with Crippen molar-refractivity contribution < 1.29 is 0 Å². The number of rotatable bonds is 1. The summed E-state index contributed by atoms with van der Waals surface area (Å²) in [6, 6.07) is 0. The molecule has 2 heterocycles. The van der Waals surface area contributed by atoms with Crippen LogP contribution in [-0.2, 0) is 0 Å². The average Bonchev–Trinajstić information content (AvgIpc) is 2.73.